The standard InChI is InChI=1S/C29H39ClN4O5/c1-8-34(27(37)22(15-16-23(31)35)32-28(38)39-29(5,6)7)25(20-13-9-11-17(2)19(20)4)26(36)33-24-18(3)12-10-14-21(24)30/h9-14,22,25H,8,15-16H2,1-7H3,(H2,31,35)(H,32,38)(H,33,36). The molecule has 0 aromatic heterocycles. The minimum atomic E-state index is -1.16. The first-order chi connectivity index (χ1) is 18.2. The van der Waals surface area contributed by atoms with E-state index in [0.717, 1.165) is 16.7 Å². The molecule has 0 heterocycles. The van der Waals surface area contributed by atoms with E-state index in [4.69, 9.17) is 22.1 Å². The minimum Gasteiger partial charge on any atom is -0.444 e. The summed E-state index contributed by atoms with van der Waals surface area (Å²) in [4.78, 5) is 53.5. The van der Waals surface area contributed by atoms with Crippen LogP contribution in [0.15, 0.2) is 36.4 Å². The highest BCUT2D eigenvalue weighted by atomic mass is 35.5. The van der Waals surface area contributed by atoms with Crippen LogP contribution in [0.1, 0.15) is 68.8 Å². The smallest absolute Gasteiger partial charge is 0.408 e. The topological polar surface area (TPSA) is 131 Å². The van der Waals surface area contributed by atoms with E-state index < -0.39 is 41.5 Å². The van der Waals surface area contributed by atoms with E-state index in [9.17, 15) is 19.2 Å². The molecule has 10 heteroatoms. The van der Waals surface area contributed by atoms with E-state index in [0.29, 0.717) is 16.3 Å². The van der Waals surface area contributed by atoms with Gasteiger partial charge in [-0.3, -0.25) is 14.4 Å². The average molecular weight is 559 g/mol. The van der Waals surface area contributed by atoms with Crippen molar-refractivity contribution in [2.24, 2.45) is 5.73 Å². The number of hydrogen-bond donors (Lipinski definition) is 3. The van der Waals surface area contributed by atoms with Gasteiger partial charge in [-0.05, 0) is 83.2 Å². The fraction of sp³-hybridized carbons (Fsp3) is 0.448. The SMILES string of the molecule is CCN(C(=O)C(CCC(N)=O)NC(=O)OC(C)(C)C)C(C(=O)Nc1c(C)cccc1Cl)c1cccc(C)c1C. The first-order valence-electron chi connectivity index (χ1n) is 12.9. The van der Waals surface area contributed by atoms with Crippen LogP contribution < -0.4 is 16.4 Å². The maximum Gasteiger partial charge on any atom is 0.408 e. The molecule has 2 unspecified atom stereocenters. The molecule has 2 aromatic carbocycles. The van der Waals surface area contributed by atoms with Crippen molar-refractivity contribution in [1.29, 1.82) is 0 Å². The Kier molecular flexibility index (Phi) is 10.9. The van der Waals surface area contributed by atoms with Gasteiger partial charge >= 0.3 is 6.09 Å². The van der Waals surface area contributed by atoms with E-state index in [1.54, 1.807) is 45.9 Å². The van der Waals surface area contributed by atoms with E-state index in [2.05, 4.69) is 10.6 Å². The highest BCUT2D eigenvalue weighted by Crippen LogP contribution is 2.31. The van der Waals surface area contributed by atoms with Gasteiger partial charge in [0.25, 0.3) is 5.91 Å². The highest BCUT2D eigenvalue weighted by Gasteiger charge is 2.36. The molecule has 212 valence electrons. The summed E-state index contributed by atoms with van der Waals surface area (Å²) in [5.74, 6) is -1.65. The molecule has 0 aliphatic heterocycles. The van der Waals surface area contributed by atoms with Crippen LogP contribution in [0.5, 0.6) is 0 Å². The van der Waals surface area contributed by atoms with Gasteiger partial charge in [-0.25, -0.2) is 4.79 Å². The van der Waals surface area contributed by atoms with Crippen molar-refractivity contribution in [3.8, 4) is 0 Å². The van der Waals surface area contributed by atoms with E-state index >= 15 is 0 Å². The van der Waals surface area contributed by atoms with E-state index in [1.165, 1.54) is 4.90 Å². The third-order valence-electron chi connectivity index (χ3n) is 6.26. The molecular formula is C29H39ClN4O5. The molecule has 2 atom stereocenters. The first kappa shape index (κ1) is 31.6. The van der Waals surface area contributed by atoms with Crippen molar-refractivity contribution < 1.29 is 23.9 Å². The summed E-state index contributed by atoms with van der Waals surface area (Å²) in [5, 5.41) is 5.84. The van der Waals surface area contributed by atoms with Crippen LogP contribution in [0.2, 0.25) is 5.02 Å². The quantitative estimate of drug-likeness (QED) is 0.379. The molecule has 2 rings (SSSR count). The summed E-state index contributed by atoms with van der Waals surface area (Å²) >= 11 is 6.39. The lowest BCUT2D eigenvalue weighted by Crippen LogP contribution is -2.52. The zero-order valence-electron chi connectivity index (χ0n) is 23.7. The van der Waals surface area contributed by atoms with Crippen LogP contribution in [0.3, 0.4) is 0 Å². The van der Waals surface area contributed by atoms with Gasteiger partial charge < -0.3 is 26.0 Å². The van der Waals surface area contributed by atoms with Gasteiger partial charge in [-0.15, -0.1) is 0 Å². The number of carbonyl (C=O) groups excluding carboxylic acids is 4. The first-order valence-corrected chi connectivity index (χ1v) is 13.2. The van der Waals surface area contributed by atoms with Crippen LogP contribution in [-0.2, 0) is 19.1 Å². The van der Waals surface area contributed by atoms with Crippen LogP contribution in [0, 0.1) is 20.8 Å². The fourth-order valence-electron chi connectivity index (χ4n) is 4.16. The third kappa shape index (κ3) is 8.71. The number of ether oxygens (including phenoxy) is 1. The number of alkyl carbamates (subject to hydrolysis) is 1. The molecule has 0 spiro atoms. The Labute approximate surface area is 235 Å². The number of aryl methyl sites for hydroxylation is 2. The van der Waals surface area contributed by atoms with Gasteiger partial charge in [0, 0.05) is 13.0 Å². The Morgan fingerprint density at radius 1 is 1.03 bits per heavy atom. The Morgan fingerprint density at radius 3 is 2.21 bits per heavy atom. The normalized spacial score (nSPS) is 12.7. The van der Waals surface area contributed by atoms with Crippen LogP contribution in [0.25, 0.3) is 0 Å². The number of hydrogen-bond acceptors (Lipinski definition) is 5. The van der Waals surface area contributed by atoms with Crippen LogP contribution in [-0.4, -0.2) is 46.9 Å². The Morgan fingerprint density at radius 2 is 1.64 bits per heavy atom. The second-order valence-corrected chi connectivity index (χ2v) is 10.8. The molecule has 2 aromatic rings. The van der Waals surface area contributed by atoms with Crippen molar-refractivity contribution >= 4 is 41.1 Å². The van der Waals surface area contributed by atoms with Gasteiger partial charge in [-0.1, -0.05) is 41.9 Å². The maximum absolute atomic E-state index is 14.0. The third-order valence-corrected chi connectivity index (χ3v) is 6.58. The number of nitrogens with one attached hydrogen (secondary N) is 2. The molecule has 0 saturated heterocycles. The van der Waals surface area contributed by atoms with E-state index in [1.807, 2.05) is 39.0 Å². The van der Waals surface area contributed by atoms with Gasteiger partial charge in [0.05, 0.1) is 10.7 Å². The molecule has 9 nitrogen and oxygen atoms in total. The number of likely N-dealkylation sites (N-methyl/N-ethyl adjacent to an activating group) is 1. The summed E-state index contributed by atoms with van der Waals surface area (Å²) in [7, 11) is 0. The lowest BCUT2D eigenvalue weighted by Gasteiger charge is -2.34. The molecule has 0 aliphatic carbocycles. The zero-order chi connectivity index (χ0) is 29.5. The van der Waals surface area contributed by atoms with Gasteiger partial charge in [0.1, 0.15) is 17.7 Å². The van der Waals surface area contributed by atoms with Crippen LogP contribution in [0.4, 0.5) is 10.5 Å². The summed E-state index contributed by atoms with van der Waals surface area (Å²) in [6, 6.07) is 8.59. The lowest BCUT2D eigenvalue weighted by molar-refractivity contribution is -0.140. The number of anilines is 1. The summed E-state index contributed by atoms with van der Waals surface area (Å²) < 4.78 is 5.34. The summed E-state index contributed by atoms with van der Waals surface area (Å²) in [6.45, 7) is 12.6. The molecule has 0 radical (unpaired) electrons. The fourth-order valence-corrected chi connectivity index (χ4v) is 4.43. The number of rotatable bonds is 10. The number of amides is 4. The van der Waals surface area contributed by atoms with Gasteiger partial charge in [0.15, 0.2) is 0 Å². The van der Waals surface area contributed by atoms with Crippen molar-refractivity contribution in [3.05, 3.63) is 63.7 Å². The van der Waals surface area contributed by atoms with Crippen molar-refractivity contribution in [2.45, 2.75) is 79.0 Å². The second-order valence-electron chi connectivity index (χ2n) is 10.4. The van der Waals surface area contributed by atoms with Gasteiger partial charge in [-0.2, -0.15) is 0 Å². The number of nitrogens with zero attached hydrogens (tertiary/aromatic N) is 1. The maximum atomic E-state index is 14.0. The molecule has 0 fully saturated rings. The summed E-state index contributed by atoms with van der Waals surface area (Å²) in [5.41, 5.74) is 8.16. The zero-order valence-corrected chi connectivity index (χ0v) is 24.4. The number of primary amides is 1. The van der Waals surface area contributed by atoms with E-state index in [-0.39, 0.29) is 19.4 Å². The predicted octanol–water partition coefficient (Wildman–Crippen LogP) is 4.95. The lowest BCUT2D eigenvalue weighted by atomic mass is 9.94. The number of para-hydroxylation sites is 1. The molecule has 0 saturated carbocycles. The molecular weight excluding hydrogens is 520 g/mol. The molecule has 4 amide bonds. The monoisotopic (exact) mass is 558 g/mol. The average Bonchev–Trinajstić information content (AvgIpc) is 2.83. The van der Waals surface area contributed by atoms with Crippen LogP contribution >= 0.6 is 11.6 Å². The number of nitrogens with two attached hydrogens (primary N) is 1. The Bertz CT molecular complexity index is 1200. The predicted molar refractivity (Wildman–Crippen MR) is 152 cm³/mol. The number of benzene rings is 2. The molecule has 0 bridgehead atoms. The van der Waals surface area contributed by atoms with Crippen molar-refractivity contribution in [2.75, 3.05) is 11.9 Å². The Hall–Kier alpha value is -3.59. The number of carbonyl (C=O) groups is 4. The number of halogens is 1. The molecule has 39 heavy (non-hydrogen) atoms. The molecule has 4 N–H and O–H groups in total. The van der Waals surface area contributed by atoms with Gasteiger partial charge in [0.2, 0.25) is 11.8 Å². The second kappa shape index (κ2) is 13.5. The summed E-state index contributed by atoms with van der Waals surface area (Å²) in [6.07, 6.45) is -1.03. The Balaban J connectivity index is 2.56. The largest absolute Gasteiger partial charge is 0.444 e. The highest BCUT2D eigenvalue weighted by molar-refractivity contribution is 6.34. The minimum absolute atomic E-state index is 0.0608. The van der Waals surface area contributed by atoms with Crippen molar-refractivity contribution in [1.82, 2.24) is 10.2 Å². The van der Waals surface area contributed by atoms with Crippen molar-refractivity contribution in [3.63, 3.8) is 0 Å². The molecule has 0 aliphatic rings.